The Labute approximate surface area is 338 Å². The van der Waals surface area contributed by atoms with E-state index in [2.05, 4.69) is 57.4 Å². The highest BCUT2D eigenvalue weighted by molar-refractivity contribution is 5.86. The number of Topliss-reactive ketones (excluding diaryl/α,β-unsaturated/α-hetero) is 1. The Morgan fingerprint density at radius 3 is 2.53 bits per heavy atom. The molecule has 306 valence electrons. The van der Waals surface area contributed by atoms with Crippen LogP contribution in [0.5, 0.6) is 0 Å². The third kappa shape index (κ3) is 7.65. The van der Waals surface area contributed by atoms with Gasteiger partial charge in [0.25, 0.3) is 0 Å². The van der Waals surface area contributed by atoms with Gasteiger partial charge in [-0.3, -0.25) is 19.3 Å². The molecule has 3 aliphatic carbocycles. The van der Waals surface area contributed by atoms with Gasteiger partial charge < -0.3 is 29.5 Å². The first-order valence-corrected chi connectivity index (χ1v) is 19.9. The quantitative estimate of drug-likeness (QED) is 0.264. The topological polar surface area (TPSA) is 146 Å². The number of nitrogens with zero attached hydrogens (tertiary/aromatic N) is 7. The van der Waals surface area contributed by atoms with Gasteiger partial charge in [0.2, 0.25) is 5.91 Å². The summed E-state index contributed by atoms with van der Waals surface area (Å²) < 4.78 is 8.41. The van der Waals surface area contributed by atoms with Gasteiger partial charge in [-0.2, -0.15) is 0 Å². The largest absolute Gasteiger partial charge is 0.461 e. The highest BCUT2D eigenvalue weighted by Crippen LogP contribution is 2.68. The molecule has 9 atom stereocenters. The lowest BCUT2D eigenvalue weighted by Crippen LogP contribution is -2.63. The van der Waals surface area contributed by atoms with Crippen LogP contribution < -0.4 is 10.2 Å². The number of aliphatic hydroxyl groups excluding tert-OH is 1. The Bertz CT molecular complexity index is 1720. The summed E-state index contributed by atoms with van der Waals surface area (Å²) in [5, 5.41) is 15.1. The number of hydrogen-bond donors (Lipinski definition) is 2. The smallest absolute Gasteiger partial charge is 0.320 e. The summed E-state index contributed by atoms with van der Waals surface area (Å²) in [5.74, 6) is 1.29. The monoisotopic (exact) mass is 804 g/mol. The van der Waals surface area contributed by atoms with E-state index in [1.807, 2.05) is 29.5 Å². The van der Waals surface area contributed by atoms with Crippen molar-refractivity contribution in [3.63, 3.8) is 0 Å². The van der Waals surface area contributed by atoms with Crippen LogP contribution in [0.25, 0.3) is 11.2 Å². The number of esters is 1. The molecular weight excluding hydrogens is 743 g/mol. The van der Waals surface area contributed by atoms with Crippen LogP contribution in [0.2, 0.25) is 0 Å². The van der Waals surface area contributed by atoms with Gasteiger partial charge in [-0.25, -0.2) is 15.0 Å². The van der Waals surface area contributed by atoms with Crippen LogP contribution in [0.1, 0.15) is 72.6 Å². The van der Waals surface area contributed by atoms with Gasteiger partial charge in [-0.05, 0) is 68.9 Å². The Morgan fingerprint density at radius 2 is 1.82 bits per heavy atom. The maximum atomic E-state index is 13.8. The first-order valence-electron chi connectivity index (χ1n) is 19.9. The number of nitrogens with one attached hydrogen (secondary N) is 1. The van der Waals surface area contributed by atoms with E-state index in [4.69, 9.17) is 4.74 Å². The van der Waals surface area contributed by atoms with Crippen LogP contribution in [-0.4, -0.2) is 124 Å². The van der Waals surface area contributed by atoms with Crippen molar-refractivity contribution in [2.45, 2.75) is 91.4 Å². The molecule has 55 heavy (non-hydrogen) atoms. The third-order valence-electron chi connectivity index (χ3n) is 14.7. The lowest BCUT2D eigenvalue weighted by molar-refractivity contribution is -0.207. The number of ether oxygens (including phenoxy) is 1. The zero-order valence-corrected chi connectivity index (χ0v) is 34.9. The Kier molecular flexibility index (Phi) is 13.3. The summed E-state index contributed by atoms with van der Waals surface area (Å²) in [7, 11) is 1.98. The Balaban J connectivity index is 0.00000290. The fourth-order valence-electron chi connectivity index (χ4n) is 11.2. The van der Waals surface area contributed by atoms with Crippen LogP contribution in [0.4, 0.5) is 5.82 Å². The minimum absolute atomic E-state index is 0. The van der Waals surface area contributed by atoms with E-state index in [0.29, 0.717) is 57.9 Å². The Morgan fingerprint density at radius 1 is 1.07 bits per heavy atom. The van der Waals surface area contributed by atoms with E-state index in [0.717, 1.165) is 62.3 Å². The number of ketones is 1. The molecule has 2 aliphatic heterocycles. The van der Waals surface area contributed by atoms with Gasteiger partial charge in [-0.1, -0.05) is 33.8 Å². The van der Waals surface area contributed by atoms with Crippen molar-refractivity contribution in [1.82, 2.24) is 34.6 Å². The number of hydrogen-bond acceptors (Lipinski definition) is 11. The molecule has 2 aromatic rings. The van der Waals surface area contributed by atoms with Crippen LogP contribution in [0, 0.1) is 39.9 Å². The van der Waals surface area contributed by atoms with Gasteiger partial charge in [0, 0.05) is 75.4 Å². The standard InChI is InChI=1S/C40H60N8O5.2ClH/c1-7-38(4)20-30(39(5)26(2)8-12-40(27(3)35(38)52)13-9-29(49)34(39)40)53-32(51)23-45-16-18-46(19-17-45)31(50)11-15-48-25-44-33-36(42-24-43-37(33)48)47-14-10-28(22-47)21-41-6;;/h7,24-28,30,34-35,41,52H,1,8-23H2,2-6H3;2*1H/t26-,27+,28-,30-,34-,35+,38-,39+,40+;;/m1../s1. The number of aromatic nitrogens is 4. The van der Waals surface area contributed by atoms with Crippen molar-refractivity contribution in [2.75, 3.05) is 64.3 Å². The van der Waals surface area contributed by atoms with E-state index in [1.54, 1.807) is 12.7 Å². The molecule has 7 rings (SSSR count). The molecule has 2 bridgehead atoms. The minimum Gasteiger partial charge on any atom is -0.461 e. The molecule has 1 amide bonds. The number of carbonyl (C=O) groups excluding carboxylic acids is 3. The van der Waals surface area contributed by atoms with E-state index in [1.165, 1.54) is 0 Å². The lowest BCUT2D eigenvalue weighted by atomic mass is 9.44. The molecule has 0 radical (unpaired) electrons. The molecule has 2 saturated heterocycles. The first kappa shape index (κ1) is 43.3. The number of rotatable bonds is 10. The fourth-order valence-corrected chi connectivity index (χ4v) is 11.2. The van der Waals surface area contributed by atoms with E-state index < -0.39 is 23.0 Å². The normalized spacial score (nSPS) is 35.0. The zero-order chi connectivity index (χ0) is 37.7. The third-order valence-corrected chi connectivity index (χ3v) is 14.7. The average Bonchev–Trinajstić information content (AvgIpc) is 3.89. The number of aliphatic hydroxyl groups is 1. The summed E-state index contributed by atoms with van der Waals surface area (Å²) in [6.45, 7) is 18.3. The van der Waals surface area contributed by atoms with Crippen LogP contribution in [0.3, 0.4) is 0 Å². The molecule has 0 aromatic carbocycles. The van der Waals surface area contributed by atoms with Crippen molar-refractivity contribution >= 4 is 59.5 Å². The van der Waals surface area contributed by atoms with E-state index in [-0.39, 0.29) is 72.2 Å². The number of amides is 1. The number of piperazine rings is 1. The van der Waals surface area contributed by atoms with Crippen molar-refractivity contribution in [3.8, 4) is 0 Å². The molecule has 13 nitrogen and oxygen atoms in total. The highest BCUT2D eigenvalue weighted by Gasteiger charge is 2.68. The van der Waals surface area contributed by atoms with Crippen molar-refractivity contribution in [3.05, 3.63) is 25.3 Å². The molecule has 5 fully saturated rings. The number of aryl methyl sites for hydroxylation is 1. The second kappa shape index (κ2) is 16.9. The molecule has 2 aromatic heterocycles. The van der Waals surface area contributed by atoms with Gasteiger partial charge in [0.15, 0.2) is 17.0 Å². The zero-order valence-electron chi connectivity index (χ0n) is 33.2. The Hall–Kier alpha value is -2.84. The number of halogens is 2. The van der Waals surface area contributed by atoms with Gasteiger partial charge in [0.05, 0.1) is 19.0 Å². The van der Waals surface area contributed by atoms with Crippen LogP contribution in [-0.2, 0) is 25.7 Å². The number of fused-ring (bicyclic) bond motifs is 1. The summed E-state index contributed by atoms with van der Waals surface area (Å²) in [4.78, 5) is 60.8. The number of imidazole rings is 1. The van der Waals surface area contributed by atoms with Crippen molar-refractivity contribution in [1.29, 1.82) is 0 Å². The number of carbonyl (C=O) groups is 3. The fraction of sp³-hybridized carbons (Fsp3) is 0.750. The molecule has 0 unspecified atom stereocenters. The average molecular weight is 806 g/mol. The summed E-state index contributed by atoms with van der Waals surface area (Å²) >= 11 is 0. The van der Waals surface area contributed by atoms with Crippen LogP contribution >= 0.6 is 24.8 Å². The molecule has 2 N–H and O–H groups in total. The molecule has 15 heteroatoms. The second-order valence-electron chi connectivity index (χ2n) is 17.4. The van der Waals surface area contributed by atoms with Crippen LogP contribution in [0.15, 0.2) is 25.3 Å². The van der Waals surface area contributed by atoms with Crippen molar-refractivity contribution in [2.24, 2.45) is 39.9 Å². The molecule has 0 spiro atoms. The van der Waals surface area contributed by atoms with Gasteiger partial charge in [-0.15, -0.1) is 31.4 Å². The van der Waals surface area contributed by atoms with E-state index >= 15 is 0 Å². The molecular formula is C40H62Cl2N8O5. The van der Waals surface area contributed by atoms with Gasteiger partial charge >= 0.3 is 5.97 Å². The van der Waals surface area contributed by atoms with Gasteiger partial charge in [0.1, 0.15) is 18.2 Å². The highest BCUT2D eigenvalue weighted by atomic mass is 35.5. The van der Waals surface area contributed by atoms with Crippen molar-refractivity contribution < 1.29 is 24.2 Å². The number of anilines is 1. The summed E-state index contributed by atoms with van der Waals surface area (Å²) in [5.41, 5.74) is 0.000233. The maximum absolute atomic E-state index is 13.8. The summed E-state index contributed by atoms with van der Waals surface area (Å²) in [6.07, 6.45) is 8.95. The lowest BCUT2D eigenvalue weighted by Gasteiger charge is -2.61. The SMILES string of the molecule is C=C[C@]1(C)C[C@@H](OC(=O)CN2CCN(C(=O)CCn3cnc4c(N5CC[C@H](CNC)C5)ncnc43)CC2)[C@]2(C)[C@H](C)CC[C@]3(CCC(=O)[C@@H]32)[C@@H](C)[C@@H]1O.Cl.Cl. The first-order chi connectivity index (χ1) is 25.3. The minimum atomic E-state index is -0.692. The molecule has 5 aliphatic rings. The molecule has 4 heterocycles. The predicted molar refractivity (Wildman–Crippen MR) is 216 cm³/mol. The van der Waals surface area contributed by atoms with E-state index in [9.17, 15) is 19.5 Å². The summed E-state index contributed by atoms with van der Waals surface area (Å²) in [6, 6.07) is 0. The maximum Gasteiger partial charge on any atom is 0.320 e. The molecule has 3 saturated carbocycles. The second-order valence-corrected chi connectivity index (χ2v) is 17.4. The predicted octanol–water partition coefficient (Wildman–Crippen LogP) is 4.16.